The monoisotopic (exact) mass is 297 g/mol. The predicted octanol–water partition coefficient (Wildman–Crippen LogP) is 0.0302. The zero-order valence-electron chi connectivity index (χ0n) is 11.4. The summed E-state index contributed by atoms with van der Waals surface area (Å²) in [6.45, 7) is 3.11. The predicted molar refractivity (Wildman–Crippen MR) is 76.1 cm³/mol. The molecule has 0 aromatic heterocycles. The van der Waals surface area contributed by atoms with Gasteiger partial charge in [0.2, 0.25) is 10.0 Å². The van der Waals surface area contributed by atoms with Crippen molar-refractivity contribution >= 4 is 15.9 Å². The number of hydrogen-bond donors (Lipinski definition) is 2. The number of carbonyl (C=O) groups excluding carboxylic acids is 1. The first-order valence-electron chi connectivity index (χ1n) is 6.58. The van der Waals surface area contributed by atoms with Crippen molar-refractivity contribution in [2.45, 2.75) is 11.3 Å². The van der Waals surface area contributed by atoms with Gasteiger partial charge in [-0.3, -0.25) is 4.79 Å². The molecule has 0 radical (unpaired) electrons. The van der Waals surface area contributed by atoms with E-state index in [2.05, 4.69) is 10.0 Å². The highest BCUT2D eigenvalue weighted by Crippen LogP contribution is 2.12. The Morgan fingerprint density at radius 1 is 1.20 bits per heavy atom. The van der Waals surface area contributed by atoms with Gasteiger partial charge in [0, 0.05) is 25.2 Å². The second-order valence-electron chi connectivity index (χ2n) is 4.63. The molecule has 1 saturated heterocycles. The number of benzene rings is 1. The van der Waals surface area contributed by atoms with Crippen LogP contribution in [0.3, 0.4) is 0 Å². The standard InChI is InChI=1S/C13H19N3O3S/c1-14-20(18,19)12-5-3-11(4-6-12)13(17)16-9-2-7-15-8-10-16/h3-6,14-15H,2,7-10H2,1H3. The Hall–Kier alpha value is -1.44. The molecule has 1 aromatic rings. The molecule has 1 amide bonds. The molecule has 1 fully saturated rings. The Labute approximate surface area is 119 Å². The summed E-state index contributed by atoms with van der Waals surface area (Å²) in [5.41, 5.74) is 0.516. The number of carbonyl (C=O) groups is 1. The van der Waals surface area contributed by atoms with Crippen molar-refractivity contribution in [2.24, 2.45) is 0 Å². The Bertz CT molecular complexity index is 561. The largest absolute Gasteiger partial charge is 0.337 e. The summed E-state index contributed by atoms with van der Waals surface area (Å²) >= 11 is 0. The molecule has 0 atom stereocenters. The van der Waals surface area contributed by atoms with Crippen molar-refractivity contribution in [3.8, 4) is 0 Å². The highest BCUT2D eigenvalue weighted by molar-refractivity contribution is 7.89. The molecule has 0 saturated carbocycles. The Balaban J connectivity index is 2.15. The van der Waals surface area contributed by atoms with E-state index in [1.165, 1.54) is 19.2 Å². The Morgan fingerprint density at radius 2 is 1.90 bits per heavy atom. The molecular formula is C13H19N3O3S. The highest BCUT2D eigenvalue weighted by atomic mass is 32.2. The maximum Gasteiger partial charge on any atom is 0.253 e. The zero-order valence-corrected chi connectivity index (χ0v) is 12.2. The average Bonchev–Trinajstić information content (AvgIpc) is 2.75. The van der Waals surface area contributed by atoms with Crippen molar-refractivity contribution in [1.29, 1.82) is 0 Å². The number of hydrogen-bond acceptors (Lipinski definition) is 4. The molecule has 20 heavy (non-hydrogen) atoms. The van der Waals surface area contributed by atoms with E-state index in [0.29, 0.717) is 12.1 Å². The van der Waals surface area contributed by atoms with E-state index in [4.69, 9.17) is 0 Å². The smallest absolute Gasteiger partial charge is 0.253 e. The first-order chi connectivity index (χ1) is 9.54. The van der Waals surface area contributed by atoms with Gasteiger partial charge in [-0.2, -0.15) is 0 Å². The molecule has 7 heteroatoms. The molecule has 1 aliphatic heterocycles. The van der Waals surface area contributed by atoms with Crippen LogP contribution in [-0.2, 0) is 10.0 Å². The lowest BCUT2D eigenvalue weighted by atomic mass is 10.2. The minimum Gasteiger partial charge on any atom is -0.337 e. The van der Waals surface area contributed by atoms with E-state index in [1.807, 2.05) is 0 Å². The third-order valence-electron chi connectivity index (χ3n) is 3.31. The fraction of sp³-hybridized carbons (Fsp3) is 0.462. The van der Waals surface area contributed by atoms with Crippen LogP contribution in [0.1, 0.15) is 16.8 Å². The number of amides is 1. The number of sulfonamides is 1. The molecule has 1 aromatic carbocycles. The van der Waals surface area contributed by atoms with E-state index in [-0.39, 0.29) is 10.8 Å². The van der Waals surface area contributed by atoms with Crippen LogP contribution in [-0.4, -0.2) is 52.5 Å². The van der Waals surface area contributed by atoms with Gasteiger partial charge in [-0.05, 0) is 44.3 Å². The zero-order chi connectivity index (χ0) is 14.6. The van der Waals surface area contributed by atoms with Crippen LogP contribution in [0, 0.1) is 0 Å². The topological polar surface area (TPSA) is 78.5 Å². The normalized spacial score (nSPS) is 16.8. The van der Waals surface area contributed by atoms with Gasteiger partial charge in [-0.1, -0.05) is 0 Å². The van der Waals surface area contributed by atoms with Crippen LogP contribution in [0.2, 0.25) is 0 Å². The van der Waals surface area contributed by atoms with E-state index in [0.717, 1.165) is 26.1 Å². The van der Waals surface area contributed by atoms with Gasteiger partial charge in [-0.25, -0.2) is 13.1 Å². The van der Waals surface area contributed by atoms with Gasteiger partial charge >= 0.3 is 0 Å². The number of nitrogens with one attached hydrogen (secondary N) is 2. The molecule has 110 valence electrons. The van der Waals surface area contributed by atoms with Gasteiger partial charge in [0.15, 0.2) is 0 Å². The average molecular weight is 297 g/mol. The molecule has 0 unspecified atom stereocenters. The van der Waals surface area contributed by atoms with Crippen molar-refractivity contribution in [1.82, 2.24) is 14.9 Å². The summed E-state index contributed by atoms with van der Waals surface area (Å²) in [5, 5.41) is 3.24. The first kappa shape index (κ1) is 15.0. The summed E-state index contributed by atoms with van der Waals surface area (Å²) in [4.78, 5) is 14.3. The van der Waals surface area contributed by atoms with E-state index >= 15 is 0 Å². The number of nitrogens with zero attached hydrogens (tertiary/aromatic N) is 1. The summed E-state index contributed by atoms with van der Waals surface area (Å²) in [5.74, 6) is -0.0536. The van der Waals surface area contributed by atoms with Crippen LogP contribution in [0.4, 0.5) is 0 Å². The van der Waals surface area contributed by atoms with Crippen molar-refractivity contribution in [2.75, 3.05) is 33.2 Å². The SMILES string of the molecule is CNS(=O)(=O)c1ccc(C(=O)N2CCCNCC2)cc1. The fourth-order valence-corrected chi connectivity index (χ4v) is 2.86. The molecule has 2 rings (SSSR count). The minimum atomic E-state index is -3.46. The number of rotatable bonds is 3. The molecule has 0 spiro atoms. The molecule has 1 heterocycles. The Morgan fingerprint density at radius 3 is 2.55 bits per heavy atom. The van der Waals surface area contributed by atoms with Gasteiger partial charge < -0.3 is 10.2 Å². The fourth-order valence-electron chi connectivity index (χ4n) is 2.13. The second-order valence-corrected chi connectivity index (χ2v) is 6.51. The van der Waals surface area contributed by atoms with E-state index in [9.17, 15) is 13.2 Å². The van der Waals surface area contributed by atoms with Crippen molar-refractivity contribution in [3.63, 3.8) is 0 Å². The molecule has 6 nitrogen and oxygen atoms in total. The van der Waals surface area contributed by atoms with Crippen molar-refractivity contribution < 1.29 is 13.2 Å². The minimum absolute atomic E-state index is 0.0536. The van der Waals surface area contributed by atoms with E-state index in [1.54, 1.807) is 17.0 Å². The summed E-state index contributed by atoms with van der Waals surface area (Å²) in [6, 6.07) is 6.03. The molecule has 2 N–H and O–H groups in total. The van der Waals surface area contributed by atoms with E-state index < -0.39 is 10.0 Å². The lowest BCUT2D eigenvalue weighted by molar-refractivity contribution is 0.0766. The van der Waals surface area contributed by atoms with Gasteiger partial charge in [0.1, 0.15) is 0 Å². The van der Waals surface area contributed by atoms with Gasteiger partial charge in [-0.15, -0.1) is 0 Å². The van der Waals surface area contributed by atoms with Gasteiger partial charge in [0.25, 0.3) is 5.91 Å². The third kappa shape index (κ3) is 3.36. The van der Waals surface area contributed by atoms with Crippen LogP contribution in [0.25, 0.3) is 0 Å². The maximum atomic E-state index is 12.3. The van der Waals surface area contributed by atoms with Crippen LogP contribution < -0.4 is 10.0 Å². The summed E-state index contributed by atoms with van der Waals surface area (Å²) < 4.78 is 25.5. The van der Waals surface area contributed by atoms with Crippen LogP contribution >= 0.6 is 0 Å². The first-order valence-corrected chi connectivity index (χ1v) is 8.06. The van der Waals surface area contributed by atoms with Crippen molar-refractivity contribution in [3.05, 3.63) is 29.8 Å². The Kier molecular flexibility index (Phi) is 4.74. The summed E-state index contributed by atoms with van der Waals surface area (Å²) in [6.07, 6.45) is 0.929. The molecule has 1 aliphatic rings. The third-order valence-corrected chi connectivity index (χ3v) is 4.74. The highest BCUT2D eigenvalue weighted by Gasteiger charge is 2.18. The lowest BCUT2D eigenvalue weighted by Crippen LogP contribution is -2.34. The van der Waals surface area contributed by atoms with Crippen LogP contribution in [0.5, 0.6) is 0 Å². The van der Waals surface area contributed by atoms with Gasteiger partial charge in [0.05, 0.1) is 4.90 Å². The second kappa shape index (κ2) is 6.34. The van der Waals surface area contributed by atoms with Crippen LogP contribution in [0.15, 0.2) is 29.2 Å². The molecular weight excluding hydrogens is 278 g/mol. The quantitative estimate of drug-likeness (QED) is 0.825. The summed E-state index contributed by atoms with van der Waals surface area (Å²) in [7, 11) is -2.10. The molecule has 0 bridgehead atoms. The lowest BCUT2D eigenvalue weighted by Gasteiger charge is -2.20. The maximum absolute atomic E-state index is 12.3. The molecule has 0 aliphatic carbocycles.